The summed E-state index contributed by atoms with van der Waals surface area (Å²) < 4.78 is 6.76. The molecule has 4 rings (SSSR count). The number of carbonyl (C=O) groups excluding carboxylic acids is 2. The van der Waals surface area contributed by atoms with Crippen molar-refractivity contribution in [3.63, 3.8) is 0 Å². The molecule has 1 saturated carbocycles. The number of aryl methyl sites for hydroxylation is 1. The Kier molecular flexibility index (Phi) is 4.57. The highest BCUT2D eigenvalue weighted by Gasteiger charge is 2.48. The number of hydrogen-bond acceptors (Lipinski definition) is 4. The fourth-order valence-corrected chi connectivity index (χ4v) is 4.16. The van der Waals surface area contributed by atoms with E-state index in [1.54, 1.807) is 22.6 Å². The number of aromatic nitrogens is 1. The van der Waals surface area contributed by atoms with Gasteiger partial charge in [-0.3, -0.25) is 14.4 Å². The smallest absolute Gasteiger partial charge is 0.318 e. The minimum Gasteiger partial charge on any atom is -0.468 e. The van der Waals surface area contributed by atoms with Crippen LogP contribution in [-0.2, 0) is 14.9 Å². The minimum absolute atomic E-state index is 0.205. The highest BCUT2D eigenvalue weighted by atomic mass is 16.5. The van der Waals surface area contributed by atoms with E-state index in [1.165, 1.54) is 7.11 Å². The summed E-state index contributed by atoms with van der Waals surface area (Å²) in [5.74, 6) is -0.659. The van der Waals surface area contributed by atoms with Crippen molar-refractivity contribution in [1.29, 1.82) is 0 Å². The molecule has 0 N–H and O–H groups in total. The van der Waals surface area contributed by atoms with E-state index >= 15 is 0 Å². The maximum atomic E-state index is 13.3. The second-order valence-electron chi connectivity index (χ2n) is 7.73. The highest BCUT2D eigenvalue weighted by molar-refractivity contribution is 5.96. The van der Waals surface area contributed by atoms with Gasteiger partial charge in [0.2, 0.25) is 0 Å². The van der Waals surface area contributed by atoms with Crippen LogP contribution >= 0.6 is 0 Å². The highest BCUT2D eigenvalue weighted by Crippen LogP contribution is 2.37. The predicted octanol–water partition coefficient (Wildman–Crippen LogP) is 2.45. The molecule has 1 atom stereocenters. The molecule has 1 amide bonds. The van der Waals surface area contributed by atoms with Gasteiger partial charge in [-0.05, 0) is 43.4 Å². The van der Waals surface area contributed by atoms with E-state index in [2.05, 4.69) is 0 Å². The third-order valence-corrected chi connectivity index (χ3v) is 5.94. The molecule has 0 spiro atoms. The van der Waals surface area contributed by atoms with Crippen LogP contribution in [0.15, 0.2) is 47.4 Å². The second kappa shape index (κ2) is 6.93. The lowest BCUT2D eigenvalue weighted by Gasteiger charge is -2.27. The quantitative estimate of drug-likeness (QED) is 0.764. The Bertz CT molecular complexity index is 978. The first-order chi connectivity index (χ1) is 13.5. The lowest BCUT2D eigenvalue weighted by molar-refractivity contribution is -0.147. The van der Waals surface area contributed by atoms with Crippen LogP contribution in [0.2, 0.25) is 0 Å². The van der Waals surface area contributed by atoms with Crippen molar-refractivity contribution >= 4 is 11.9 Å². The molecule has 0 radical (unpaired) electrons. The fraction of sp³-hybridized carbons (Fsp3) is 0.409. The summed E-state index contributed by atoms with van der Waals surface area (Å²) in [7, 11) is 1.37. The van der Waals surface area contributed by atoms with Gasteiger partial charge in [0.05, 0.1) is 7.11 Å². The van der Waals surface area contributed by atoms with E-state index in [9.17, 15) is 14.4 Å². The van der Waals surface area contributed by atoms with Crippen molar-refractivity contribution in [3.8, 4) is 0 Å². The topological polar surface area (TPSA) is 68.6 Å². The molecular weight excluding hydrogens is 356 g/mol. The number of amides is 1. The molecule has 2 aliphatic rings. The third-order valence-electron chi connectivity index (χ3n) is 5.94. The molecule has 0 bridgehead atoms. The molecule has 6 nitrogen and oxygen atoms in total. The zero-order valence-corrected chi connectivity index (χ0v) is 16.2. The SMILES string of the molecule is COC(=O)C1(c2ccccc2)CCN(C(=O)c2c(C)ccn(C3CC3)c2=O)C1. The van der Waals surface area contributed by atoms with E-state index in [0.717, 1.165) is 18.4 Å². The maximum Gasteiger partial charge on any atom is 0.318 e. The van der Waals surface area contributed by atoms with Gasteiger partial charge in [0.15, 0.2) is 0 Å². The number of esters is 1. The third kappa shape index (κ3) is 2.93. The lowest BCUT2D eigenvalue weighted by atomic mass is 9.79. The zero-order valence-electron chi connectivity index (χ0n) is 16.2. The van der Waals surface area contributed by atoms with Crippen LogP contribution in [0.5, 0.6) is 0 Å². The van der Waals surface area contributed by atoms with Gasteiger partial charge in [0.25, 0.3) is 11.5 Å². The van der Waals surface area contributed by atoms with Crippen molar-refractivity contribution in [2.45, 2.75) is 37.6 Å². The summed E-state index contributed by atoms with van der Waals surface area (Å²) in [6.07, 6.45) is 4.19. The van der Waals surface area contributed by atoms with E-state index < -0.39 is 5.41 Å². The molecule has 1 saturated heterocycles. The van der Waals surface area contributed by atoms with Gasteiger partial charge in [-0.1, -0.05) is 30.3 Å². The number of carbonyl (C=O) groups is 2. The van der Waals surface area contributed by atoms with Gasteiger partial charge in [0.1, 0.15) is 11.0 Å². The van der Waals surface area contributed by atoms with Gasteiger partial charge in [-0.25, -0.2) is 0 Å². The molecular formula is C22H24N2O4. The van der Waals surface area contributed by atoms with Gasteiger partial charge >= 0.3 is 5.97 Å². The summed E-state index contributed by atoms with van der Waals surface area (Å²) in [4.78, 5) is 40.5. The van der Waals surface area contributed by atoms with E-state index in [-0.39, 0.29) is 35.6 Å². The number of methoxy groups -OCH3 is 1. The first-order valence-electron chi connectivity index (χ1n) is 9.63. The van der Waals surface area contributed by atoms with Gasteiger partial charge < -0.3 is 14.2 Å². The van der Waals surface area contributed by atoms with E-state index in [4.69, 9.17) is 4.74 Å². The van der Waals surface area contributed by atoms with Crippen molar-refractivity contribution in [2.24, 2.45) is 0 Å². The summed E-state index contributed by atoms with van der Waals surface area (Å²) >= 11 is 0. The standard InChI is InChI=1S/C22H24N2O4/c1-15-10-12-24(17-8-9-17)20(26)18(15)19(25)23-13-11-22(14-23,21(27)28-2)16-6-4-3-5-7-16/h3-7,10,12,17H,8-9,11,13-14H2,1-2H3. The summed E-state index contributed by atoms with van der Waals surface area (Å²) in [6, 6.07) is 11.4. The van der Waals surface area contributed by atoms with E-state index in [0.29, 0.717) is 18.5 Å². The average molecular weight is 380 g/mol. The minimum atomic E-state index is -0.899. The van der Waals surface area contributed by atoms with Crippen LogP contribution in [0, 0.1) is 6.92 Å². The summed E-state index contributed by atoms with van der Waals surface area (Å²) in [5.41, 5.74) is 0.578. The van der Waals surface area contributed by atoms with E-state index in [1.807, 2.05) is 36.4 Å². The van der Waals surface area contributed by atoms with Crippen molar-refractivity contribution in [2.75, 3.05) is 20.2 Å². The number of ether oxygens (including phenoxy) is 1. The van der Waals surface area contributed by atoms with Crippen LogP contribution in [0.25, 0.3) is 0 Å². The molecule has 1 aromatic heterocycles. The Morgan fingerprint density at radius 2 is 1.86 bits per heavy atom. The number of nitrogens with zero attached hydrogens (tertiary/aromatic N) is 2. The molecule has 28 heavy (non-hydrogen) atoms. The van der Waals surface area contributed by atoms with Gasteiger partial charge in [0, 0.05) is 25.3 Å². The van der Waals surface area contributed by atoms with Crippen molar-refractivity contribution in [3.05, 3.63) is 69.6 Å². The van der Waals surface area contributed by atoms with Crippen LogP contribution in [0.4, 0.5) is 0 Å². The number of likely N-dealkylation sites (tertiary alicyclic amines) is 1. The molecule has 1 unspecified atom stereocenters. The molecule has 2 aromatic rings. The van der Waals surface area contributed by atoms with Crippen LogP contribution < -0.4 is 5.56 Å². The van der Waals surface area contributed by atoms with Gasteiger partial charge in [-0.15, -0.1) is 0 Å². The first kappa shape index (κ1) is 18.5. The van der Waals surface area contributed by atoms with Crippen molar-refractivity contribution in [1.82, 2.24) is 9.47 Å². The molecule has 1 aliphatic carbocycles. The molecule has 1 aliphatic heterocycles. The first-order valence-corrected chi connectivity index (χ1v) is 9.63. The Morgan fingerprint density at radius 3 is 2.50 bits per heavy atom. The fourth-order valence-electron chi connectivity index (χ4n) is 4.16. The largest absolute Gasteiger partial charge is 0.468 e. The average Bonchev–Trinajstić information content (AvgIpc) is 3.45. The normalized spacial score (nSPS) is 21.6. The maximum absolute atomic E-state index is 13.3. The Labute approximate surface area is 163 Å². The van der Waals surface area contributed by atoms with Crippen molar-refractivity contribution < 1.29 is 14.3 Å². The zero-order chi connectivity index (χ0) is 19.9. The Hall–Kier alpha value is -2.89. The lowest BCUT2D eigenvalue weighted by Crippen LogP contribution is -2.42. The molecule has 2 heterocycles. The molecule has 2 fully saturated rings. The Balaban J connectivity index is 1.69. The number of benzene rings is 1. The summed E-state index contributed by atoms with van der Waals surface area (Å²) in [6.45, 7) is 2.40. The van der Waals surface area contributed by atoms with Crippen LogP contribution in [0.1, 0.15) is 46.8 Å². The van der Waals surface area contributed by atoms with Crippen LogP contribution in [-0.4, -0.2) is 41.5 Å². The molecule has 146 valence electrons. The van der Waals surface area contributed by atoms with Crippen LogP contribution in [0.3, 0.4) is 0 Å². The molecule has 6 heteroatoms. The number of hydrogen-bond donors (Lipinski definition) is 0. The number of rotatable bonds is 4. The summed E-state index contributed by atoms with van der Waals surface area (Å²) in [5, 5.41) is 0. The number of pyridine rings is 1. The molecule has 1 aromatic carbocycles. The Morgan fingerprint density at radius 1 is 1.14 bits per heavy atom. The monoisotopic (exact) mass is 380 g/mol. The second-order valence-corrected chi connectivity index (χ2v) is 7.73. The van der Waals surface area contributed by atoms with Gasteiger partial charge in [-0.2, -0.15) is 0 Å². The predicted molar refractivity (Wildman–Crippen MR) is 104 cm³/mol.